The SMILES string of the molecule is CCc1cc(OCc2noc(=O)[nH]2)c(F)c(C)c1Cc1ccc(O)c(-c2ccc(F)c(C)c2)n1. The van der Waals surface area contributed by atoms with E-state index < -0.39 is 11.6 Å². The van der Waals surface area contributed by atoms with Gasteiger partial charge >= 0.3 is 5.76 Å². The fourth-order valence-corrected chi connectivity index (χ4v) is 3.78. The molecule has 0 atom stereocenters. The highest BCUT2D eigenvalue weighted by atomic mass is 19.1. The summed E-state index contributed by atoms with van der Waals surface area (Å²) in [6.45, 7) is 5.11. The zero-order valence-electron chi connectivity index (χ0n) is 18.9. The summed E-state index contributed by atoms with van der Waals surface area (Å²) in [4.78, 5) is 18.0. The lowest BCUT2D eigenvalue weighted by Gasteiger charge is -2.16. The van der Waals surface area contributed by atoms with Gasteiger partial charge in [0.1, 0.15) is 23.9 Å². The summed E-state index contributed by atoms with van der Waals surface area (Å²) in [5.74, 6) is -1.40. The number of aryl methyl sites for hydroxylation is 2. The van der Waals surface area contributed by atoms with Crippen molar-refractivity contribution in [1.82, 2.24) is 15.1 Å². The second-order valence-electron chi connectivity index (χ2n) is 7.95. The van der Waals surface area contributed by atoms with Gasteiger partial charge in [0.25, 0.3) is 0 Å². The van der Waals surface area contributed by atoms with Gasteiger partial charge in [-0.2, -0.15) is 0 Å². The molecule has 0 aliphatic carbocycles. The number of aromatic hydroxyl groups is 1. The van der Waals surface area contributed by atoms with Crippen LogP contribution in [0.2, 0.25) is 0 Å². The Labute approximate surface area is 194 Å². The normalized spacial score (nSPS) is 11.1. The molecule has 2 N–H and O–H groups in total. The molecule has 2 heterocycles. The van der Waals surface area contributed by atoms with Crippen molar-refractivity contribution in [3.05, 3.63) is 92.4 Å². The molecular formula is C25H23F2N3O4. The highest BCUT2D eigenvalue weighted by molar-refractivity contribution is 5.66. The first-order chi connectivity index (χ1) is 16.3. The number of nitrogens with one attached hydrogen (secondary N) is 1. The van der Waals surface area contributed by atoms with Gasteiger partial charge in [-0.3, -0.25) is 9.51 Å². The Balaban J connectivity index is 1.65. The molecule has 176 valence electrons. The first kappa shape index (κ1) is 23.2. The van der Waals surface area contributed by atoms with Gasteiger partial charge in [0.05, 0.1) is 0 Å². The van der Waals surface area contributed by atoms with Gasteiger partial charge in [-0.25, -0.2) is 18.6 Å². The number of rotatable bonds is 7. The number of hydrogen-bond donors (Lipinski definition) is 2. The number of nitrogens with zero attached hydrogens (tertiary/aromatic N) is 2. The predicted molar refractivity (Wildman–Crippen MR) is 121 cm³/mol. The van der Waals surface area contributed by atoms with Crippen LogP contribution in [0.15, 0.2) is 45.7 Å². The minimum atomic E-state index is -0.712. The predicted octanol–water partition coefficient (Wildman–Crippen LogP) is 4.76. The van der Waals surface area contributed by atoms with E-state index in [1.54, 1.807) is 38.1 Å². The van der Waals surface area contributed by atoms with Gasteiger partial charge in [-0.1, -0.05) is 12.1 Å². The van der Waals surface area contributed by atoms with Crippen molar-refractivity contribution < 1.29 is 23.1 Å². The Morgan fingerprint density at radius 1 is 1.15 bits per heavy atom. The molecule has 0 saturated heterocycles. The highest BCUT2D eigenvalue weighted by Crippen LogP contribution is 2.32. The third-order valence-electron chi connectivity index (χ3n) is 5.64. The molecule has 2 aromatic heterocycles. The molecule has 0 bridgehead atoms. The monoisotopic (exact) mass is 467 g/mol. The van der Waals surface area contributed by atoms with Gasteiger partial charge in [0, 0.05) is 17.7 Å². The molecule has 4 aromatic rings. The largest absolute Gasteiger partial charge is 0.506 e. The van der Waals surface area contributed by atoms with E-state index in [-0.39, 0.29) is 29.7 Å². The molecular weight excluding hydrogens is 444 g/mol. The standard InChI is InChI=1S/C25H23F2N3O4/c1-4-15-10-21(33-12-22-29-25(32)34-30-22)23(27)14(3)18(15)11-17-6-8-20(31)24(28-17)16-5-7-19(26)13(2)9-16/h5-10,31H,4,11-12H2,1-3H3,(H,29,30,32). The van der Waals surface area contributed by atoms with Crippen LogP contribution in [0, 0.1) is 25.5 Å². The van der Waals surface area contributed by atoms with Crippen LogP contribution in [0.5, 0.6) is 11.5 Å². The van der Waals surface area contributed by atoms with Crippen molar-refractivity contribution >= 4 is 0 Å². The first-order valence-electron chi connectivity index (χ1n) is 10.7. The summed E-state index contributed by atoms with van der Waals surface area (Å²) in [5, 5.41) is 13.8. The number of hydrogen-bond acceptors (Lipinski definition) is 6. The lowest BCUT2D eigenvalue weighted by Crippen LogP contribution is -2.07. The van der Waals surface area contributed by atoms with Crippen molar-refractivity contribution in [2.24, 2.45) is 0 Å². The molecule has 0 spiro atoms. The summed E-state index contributed by atoms with van der Waals surface area (Å²) in [6.07, 6.45) is 0.950. The third-order valence-corrected chi connectivity index (χ3v) is 5.64. The smallest absolute Gasteiger partial charge is 0.439 e. The number of pyridine rings is 1. The maximum Gasteiger partial charge on any atom is 0.439 e. The Morgan fingerprint density at radius 3 is 2.62 bits per heavy atom. The van der Waals surface area contributed by atoms with Crippen LogP contribution in [-0.4, -0.2) is 20.2 Å². The Kier molecular flexibility index (Phi) is 6.45. The molecule has 0 unspecified atom stereocenters. The first-order valence-corrected chi connectivity index (χ1v) is 10.7. The van der Waals surface area contributed by atoms with Gasteiger partial charge in [0.2, 0.25) is 0 Å². The molecule has 0 amide bonds. The van der Waals surface area contributed by atoms with E-state index >= 15 is 4.39 Å². The zero-order chi connectivity index (χ0) is 24.4. The minimum absolute atomic E-state index is 0.0250. The highest BCUT2D eigenvalue weighted by Gasteiger charge is 2.18. The van der Waals surface area contributed by atoms with Crippen LogP contribution >= 0.6 is 0 Å². The van der Waals surface area contributed by atoms with Crippen molar-refractivity contribution in [2.45, 2.75) is 40.2 Å². The van der Waals surface area contributed by atoms with Crippen molar-refractivity contribution in [2.75, 3.05) is 0 Å². The summed E-state index contributed by atoms with van der Waals surface area (Å²) in [5.41, 5.74) is 4.04. The Bertz CT molecular complexity index is 1410. The number of aromatic amines is 1. The molecule has 9 heteroatoms. The van der Waals surface area contributed by atoms with Crippen LogP contribution in [0.4, 0.5) is 8.78 Å². The average molecular weight is 467 g/mol. The minimum Gasteiger partial charge on any atom is -0.506 e. The van der Waals surface area contributed by atoms with E-state index in [1.807, 2.05) is 6.92 Å². The summed E-state index contributed by atoms with van der Waals surface area (Å²) in [6, 6.07) is 9.35. The molecule has 0 saturated carbocycles. The summed E-state index contributed by atoms with van der Waals surface area (Å²) < 4.78 is 38.8. The second-order valence-corrected chi connectivity index (χ2v) is 7.95. The second kappa shape index (κ2) is 9.46. The maximum atomic E-state index is 15.1. The lowest BCUT2D eigenvalue weighted by molar-refractivity contribution is 0.271. The molecule has 2 aromatic carbocycles. The fraction of sp³-hybridized carbons (Fsp3) is 0.240. The van der Waals surface area contributed by atoms with Crippen LogP contribution in [0.25, 0.3) is 11.3 Å². The quantitative estimate of drug-likeness (QED) is 0.407. The number of ether oxygens (including phenoxy) is 1. The molecule has 0 aliphatic rings. The topological polar surface area (TPSA) is 101 Å². The summed E-state index contributed by atoms with van der Waals surface area (Å²) >= 11 is 0. The fourth-order valence-electron chi connectivity index (χ4n) is 3.78. The maximum absolute atomic E-state index is 15.1. The van der Waals surface area contributed by atoms with E-state index in [9.17, 15) is 14.3 Å². The van der Waals surface area contributed by atoms with E-state index in [2.05, 4.69) is 19.6 Å². The number of benzene rings is 2. The van der Waals surface area contributed by atoms with Crippen LogP contribution in [0.3, 0.4) is 0 Å². The Hall–Kier alpha value is -4.01. The third kappa shape index (κ3) is 4.68. The van der Waals surface area contributed by atoms with E-state index in [0.29, 0.717) is 40.9 Å². The van der Waals surface area contributed by atoms with Crippen LogP contribution in [-0.2, 0) is 19.4 Å². The van der Waals surface area contributed by atoms with Crippen molar-refractivity contribution in [3.63, 3.8) is 0 Å². The molecule has 0 radical (unpaired) electrons. The molecule has 0 aliphatic heterocycles. The van der Waals surface area contributed by atoms with Gasteiger partial charge in [-0.05, 0) is 78.9 Å². The van der Waals surface area contributed by atoms with Crippen LogP contribution < -0.4 is 10.5 Å². The molecule has 7 nitrogen and oxygen atoms in total. The summed E-state index contributed by atoms with van der Waals surface area (Å²) in [7, 11) is 0. The van der Waals surface area contributed by atoms with Crippen molar-refractivity contribution in [1.29, 1.82) is 0 Å². The van der Waals surface area contributed by atoms with Crippen molar-refractivity contribution in [3.8, 4) is 22.8 Å². The Morgan fingerprint density at radius 2 is 1.94 bits per heavy atom. The van der Waals surface area contributed by atoms with E-state index in [1.165, 1.54) is 12.1 Å². The van der Waals surface area contributed by atoms with Crippen LogP contribution in [0.1, 0.15) is 40.7 Å². The average Bonchev–Trinajstić information content (AvgIpc) is 3.24. The molecule has 4 rings (SSSR count). The molecule has 34 heavy (non-hydrogen) atoms. The van der Waals surface area contributed by atoms with Gasteiger partial charge < -0.3 is 9.84 Å². The van der Waals surface area contributed by atoms with Gasteiger partial charge in [-0.15, -0.1) is 0 Å². The number of halogens is 2. The zero-order valence-corrected chi connectivity index (χ0v) is 18.9. The van der Waals surface area contributed by atoms with E-state index in [0.717, 1.165) is 11.1 Å². The van der Waals surface area contributed by atoms with E-state index in [4.69, 9.17) is 4.74 Å². The van der Waals surface area contributed by atoms with Gasteiger partial charge in [0.15, 0.2) is 17.4 Å². The number of aromatic nitrogens is 3. The lowest BCUT2D eigenvalue weighted by atomic mass is 9.94. The molecule has 0 fully saturated rings. The number of H-pyrrole nitrogens is 1.